The highest BCUT2D eigenvalue weighted by Gasteiger charge is 2.06. The Morgan fingerprint density at radius 1 is 1.33 bits per heavy atom. The minimum Gasteiger partial charge on any atom is -0.373 e. The number of hydrogen-bond acceptors (Lipinski definition) is 2. The maximum atomic E-state index is 5.98. The topological polar surface area (TPSA) is 24.9 Å². The molecule has 0 aliphatic rings. The van der Waals surface area contributed by atoms with Gasteiger partial charge in [-0.3, -0.25) is 0 Å². The van der Waals surface area contributed by atoms with Crippen LogP contribution >= 0.6 is 27.5 Å². The molecule has 1 aromatic carbocycles. The molecule has 78 valence electrons. The number of aromatic nitrogens is 1. The normalized spacial score (nSPS) is 10.7. The third kappa shape index (κ3) is 1.94. The van der Waals surface area contributed by atoms with Crippen molar-refractivity contribution < 1.29 is 0 Å². The molecular weight excluding hydrogens is 275 g/mol. The average Bonchev–Trinajstić information content (AvgIpc) is 2.16. The van der Waals surface area contributed by atoms with Crippen molar-refractivity contribution in [3.8, 4) is 0 Å². The van der Waals surface area contributed by atoms with Crippen LogP contribution in [0.2, 0.25) is 5.02 Å². The number of rotatable bonds is 1. The van der Waals surface area contributed by atoms with Gasteiger partial charge in [-0.2, -0.15) is 0 Å². The van der Waals surface area contributed by atoms with Crippen molar-refractivity contribution in [2.45, 2.75) is 6.92 Å². The molecule has 0 bridgehead atoms. The van der Waals surface area contributed by atoms with Crippen LogP contribution in [0, 0.1) is 6.92 Å². The van der Waals surface area contributed by atoms with Gasteiger partial charge in [0.1, 0.15) is 5.82 Å². The molecule has 2 rings (SSSR count). The number of anilines is 1. The van der Waals surface area contributed by atoms with E-state index in [2.05, 4.69) is 32.3 Å². The molecule has 0 saturated heterocycles. The van der Waals surface area contributed by atoms with Crippen LogP contribution in [0.4, 0.5) is 5.82 Å². The number of fused-ring (bicyclic) bond motifs is 1. The first-order chi connectivity index (χ1) is 7.11. The van der Waals surface area contributed by atoms with E-state index in [1.807, 2.05) is 26.1 Å². The molecule has 2 aromatic rings. The van der Waals surface area contributed by atoms with Crippen LogP contribution in [0.3, 0.4) is 0 Å². The molecule has 4 heteroatoms. The second kappa shape index (κ2) is 3.99. The molecule has 0 unspecified atom stereocenters. The summed E-state index contributed by atoms with van der Waals surface area (Å²) in [5.74, 6) is 0.894. The van der Waals surface area contributed by atoms with Crippen molar-refractivity contribution in [3.63, 3.8) is 0 Å². The Morgan fingerprint density at radius 2 is 2.07 bits per heavy atom. The highest BCUT2D eigenvalue weighted by molar-refractivity contribution is 9.10. The summed E-state index contributed by atoms with van der Waals surface area (Å²) in [5.41, 5.74) is 2.04. The van der Waals surface area contributed by atoms with Crippen molar-refractivity contribution in [1.82, 2.24) is 4.98 Å². The van der Waals surface area contributed by atoms with E-state index in [0.29, 0.717) is 5.02 Å². The molecule has 1 aromatic heterocycles. The second-order valence-corrected chi connectivity index (χ2v) is 4.65. The number of aryl methyl sites for hydroxylation is 1. The van der Waals surface area contributed by atoms with Crippen LogP contribution in [-0.4, -0.2) is 12.0 Å². The zero-order chi connectivity index (χ0) is 11.0. The molecule has 1 heterocycles. The largest absolute Gasteiger partial charge is 0.373 e. The van der Waals surface area contributed by atoms with Gasteiger partial charge in [-0.1, -0.05) is 11.6 Å². The Hall–Kier alpha value is -0.800. The summed E-state index contributed by atoms with van der Waals surface area (Å²) in [4.78, 5) is 4.52. The van der Waals surface area contributed by atoms with Gasteiger partial charge in [0.05, 0.1) is 5.52 Å². The molecule has 0 saturated carbocycles. The lowest BCUT2D eigenvalue weighted by Crippen LogP contribution is -1.96. The summed E-state index contributed by atoms with van der Waals surface area (Å²) in [6, 6.07) is 5.84. The van der Waals surface area contributed by atoms with Gasteiger partial charge in [0.25, 0.3) is 0 Å². The van der Waals surface area contributed by atoms with E-state index in [0.717, 1.165) is 26.8 Å². The molecule has 1 N–H and O–H groups in total. The Bertz CT molecular complexity index is 525. The van der Waals surface area contributed by atoms with E-state index in [9.17, 15) is 0 Å². The van der Waals surface area contributed by atoms with E-state index in [-0.39, 0.29) is 0 Å². The van der Waals surface area contributed by atoms with Crippen LogP contribution in [0.15, 0.2) is 22.7 Å². The van der Waals surface area contributed by atoms with Crippen LogP contribution < -0.4 is 5.32 Å². The first kappa shape index (κ1) is 10.7. The SMILES string of the molecule is CNc1nc2c(Br)cc(Cl)cc2cc1C. The predicted molar refractivity (Wildman–Crippen MR) is 68.7 cm³/mol. The van der Waals surface area contributed by atoms with Gasteiger partial charge in [-0.15, -0.1) is 0 Å². The summed E-state index contributed by atoms with van der Waals surface area (Å²) < 4.78 is 0.918. The van der Waals surface area contributed by atoms with Crippen molar-refractivity contribution in [1.29, 1.82) is 0 Å². The number of nitrogens with zero attached hydrogens (tertiary/aromatic N) is 1. The molecule has 0 radical (unpaired) electrons. The predicted octanol–water partition coefficient (Wildman–Crippen LogP) is 4.00. The summed E-state index contributed by atoms with van der Waals surface area (Å²) in [5, 5.41) is 4.83. The van der Waals surface area contributed by atoms with Gasteiger partial charge in [-0.05, 0) is 46.6 Å². The number of halogens is 2. The van der Waals surface area contributed by atoms with Gasteiger partial charge in [0.15, 0.2) is 0 Å². The molecule has 0 amide bonds. The maximum absolute atomic E-state index is 5.98. The van der Waals surface area contributed by atoms with Crippen molar-refractivity contribution in [2.24, 2.45) is 0 Å². The quantitative estimate of drug-likeness (QED) is 0.856. The molecule has 15 heavy (non-hydrogen) atoms. The third-order valence-electron chi connectivity index (χ3n) is 2.26. The molecule has 2 nitrogen and oxygen atoms in total. The third-order valence-corrected chi connectivity index (χ3v) is 3.09. The van der Waals surface area contributed by atoms with Gasteiger partial charge >= 0.3 is 0 Å². The lowest BCUT2D eigenvalue weighted by Gasteiger charge is -2.07. The lowest BCUT2D eigenvalue weighted by molar-refractivity contribution is 1.28. The van der Waals surface area contributed by atoms with E-state index < -0.39 is 0 Å². The molecule has 0 atom stereocenters. The molecule has 0 aliphatic carbocycles. The van der Waals surface area contributed by atoms with Gasteiger partial charge in [0, 0.05) is 21.9 Å². The summed E-state index contributed by atoms with van der Waals surface area (Å²) in [6.45, 7) is 2.02. The molecule has 0 fully saturated rings. The Balaban J connectivity index is 2.81. The first-order valence-electron chi connectivity index (χ1n) is 4.56. The molecule has 0 spiro atoms. The van der Waals surface area contributed by atoms with Crippen molar-refractivity contribution >= 4 is 44.3 Å². The van der Waals surface area contributed by atoms with Crippen molar-refractivity contribution in [2.75, 3.05) is 12.4 Å². The van der Waals surface area contributed by atoms with Crippen LogP contribution in [0.25, 0.3) is 10.9 Å². The average molecular weight is 286 g/mol. The first-order valence-corrected chi connectivity index (χ1v) is 5.73. The van der Waals surface area contributed by atoms with E-state index in [4.69, 9.17) is 11.6 Å². The molecular formula is C11H10BrClN2. The smallest absolute Gasteiger partial charge is 0.129 e. The molecule has 0 aliphatic heterocycles. The van der Waals surface area contributed by atoms with Crippen LogP contribution in [0.5, 0.6) is 0 Å². The highest BCUT2D eigenvalue weighted by Crippen LogP contribution is 2.29. The van der Waals surface area contributed by atoms with Crippen molar-refractivity contribution in [3.05, 3.63) is 33.3 Å². The van der Waals surface area contributed by atoms with Crippen LogP contribution in [0.1, 0.15) is 5.56 Å². The van der Waals surface area contributed by atoms with E-state index >= 15 is 0 Å². The fourth-order valence-corrected chi connectivity index (χ4v) is 2.49. The second-order valence-electron chi connectivity index (χ2n) is 3.36. The fraction of sp³-hybridized carbons (Fsp3) is 0.182. The fourth-order valence-electron chi connectivity index (χ4n) is 1.57. The number of pyridine rings is 1. The van der Waals surface area contributed by atoms with E-state index in [1.165, 1.54) is 0 Å². The zero-order valence-electron chi connectivity index (χ0n) is 8.44. The standard InChI is InChI=1S/C11H10BrClN2/c1-6-3-7-4-8(13)5-9(12)10(7)15-11(6)14-2/h3-5H,1-2H3,(H,14,15). The van der Waals surface area contributed by atoms with E-state index in [1.54, 1.807) is 0 Å². The minimum absolute atomic E-state index is 0.716. The minimum atomic E-state index is 0.716. The van der Waals surface area contributed by atoms with Gasteiger partial charge < -0.3 is 5.32 Å². The van der Waals surface area contributed by atoms with Crippen LogP contribution in [-0.2, 0) is 0 Å². The number of nitrogens with one attached hydrogen (secondary N) is 1. The highest BCUT2D eigenvalue weighted by atomic mass is 79.9. The van der Waals surface area contributed by atoms with Gasteiger partial charge in [-0.25, -0.2) is 4.98 Å². The number of benzene rings is 1. The Labute approximate surface area is 102 Å². The number of hydrogen-bond donors (Lipinski definition) is 1. The Morgan fingerprint density at radius 3 is 2.73 bits per heavy atom. The summed E-state index contributed by atoms with van der Waals surface area (Å²) in [6.07, 6.45) is 0. The summed E-state index contributed by atoms with van der Waals surface area (Å²) >= 11 is 9.44. The zero-order valence-corrected chi connectivity index (χ0v) is 10.8. The summed E-state index contributed by atoms with van der Waals surface area (Å²) in [7, 11) is 1.87. The Kier molecular flexibility index (Phi) is 2.85. The van der Waals surface area contributed by atoms with Gasteiger partial charge in [0.2, 0.25) is 0 Å². The maximum Gasteiger partial charge on any atom is 0.129 e. The lowest BCUT2D eigenvalue weighted by atomic mass is 10.1. The monoisotopic (exact) mass is 284 g/mol.